The van der Waals surface area contributed by atoms with E-state index in [1.165, 1.54) is 15.6 Å². The zero-order valence-electron chi connectivity index (χ0n) is 15.5. The molecule has 1 aromatic heterocycles. The highest BCUT2D eigenvalue weighted by molar-refractivity contribution is 9.10. The minimum atomic E-state index is -3.66. The first-order chi connectivity index (χ1) is 13.9. The molecule has 0 amide bonds. The lowest BCUT2D eigenvalue weighted by atomic mass is 9.90. The molecule has 5 nitrogen and oxygen atoms in total. The van der Waals surface area contributed by atoms with Crippen molar-refractivity contribution in [3.05, 3.63) is 70.0 Å². The molecule has 1 fully saturated rings. The maximum absolute atomic E-state index is 13.0. The topological polar surface area (TPSA) is 67.3 Å². The maximum Gasteiger partial charge on any atom is 0.261 e. The van der Waals surface area contributed by atoms with E-state index in [1.807, 2.05) is 54.6 Å². The fourth-order valence-corrected chi connectivity index (χ4v) is 6.24. The van der Waals surface area contributed by atoms with Crippen LogP contribution in [0, 0.1) is 5.92 Å². The van der Waals surface area contributed by atoms with Gasteiger partial charge in [-0.15, -0.1) is 11.3 Å². The van der Waals surface area contributed by atoms with E-state index < -0.39 is 10.0 Å². The first kappa shape index (κ1) is 20.4. The van der Waals surface area contributed by atoms with Gasteiger partial charge in [0.1, 0.15) is 5.01 Å². The summed E-state index contributed by atoms with van der Waals surface area (Å²) < 4.78 is 28.4. The third-order valence-corrected chi connectivity index (χ3v) is 8.41. The number of ketones is 1. The van der Waals surface area contributed by atoms with Gasteiger partial charge in [0.2, 0.25) is 0 Å². The van der Waals surface area contributed by atoms with Gasteiger partial charge in [-0.1, -0.05) is 58.4 Å². The highest BCUT2D eigenvalue weighted by atomic mass is 79.9. The number of halogens is 1. The fraction of sp³-hybridized carbons (Fsp3) is 0.238. The molecular formula is C21H19BrN2O3S2. The molecule has 0 unspecified atom stereocenters. The molecule has 2 heterocycles. The molecule has 1 aliphatic rings. The van der Waals surface area contributed by atoms with Crippen molar-refractivity contribution in [2.24, 2.45) is 5.92 Å². The first-order valence-corrected chi connectivity index (χ1v) is 12.4. The van der Waals surface area contributed by atoms with E-state index in [-0.39, 0.29) is 16.7 Å². The fourth-order valence-electron chi connectivity index (χ4n) is 3.43. The molecule has 0 atom stereocenters. The van der Waals surface area contributed by atoms with Gasteiger partial charge in [-0.25, -0.2) is 13.4 Å². The van der Waals surface area contributed by atoms with E-state index in [2.05, 4.69) is 20.9 Å². The van der Waals surface area contributed by atoms with Crippen molar-refractivity contribution in [3.8, 4) is 10.6 Å². The molecule has 0 radical (unpaired) electrons. The summed E-state index contributed by atoms with van der Waals surface area (Å²) in [5.41, 5.74) is 1.57. The Morgan fingerprint density at radius 3 is 2.34 bits per heavy atom. The summed E-state index contributed by atoms with van der Waals surface area (Å²) in [5.74, 6) is -0.0496. The highest BCUT2D eigenvalue weighted by Gasteiger charge is 2.33. The van der Waals surface area contributed by atoms with Crippen LogP contribution in [0.25, 0.3) is 10.6 Å². The Kier molecular flexibility index (Phi) is 5.96. The van der Waals surface area contributed by atoms with E-state index >= 15 is 0 Å². The molecule has 1 saturated heterocycles. The van der Waals surface area contributed by atoms with Crippen LogP contribution in [0.1, 0.15) is 23.2 Å². The zero-order chi connectivity index (χ0) is 20.4. The number of sulfonamides is 1. The Morgan fingerprint density at radius 2 is 1.69 bits per heavy atom. The Balaban J connectivity index is 1.45. The van der Waals surface area contributed by atoms with Crippen molar-refractivity contribution in [2.45, 2.75) is 17.9 Å². The van der Waals surface area contributed by atoms with Gasteiger partial charge in [-0.2, -0.15) is 4.31 Å². The summed E-state index contributed by atoms with van der Waals surface area (Å²) in [5, 5.41) is 2.34. The molecule has 0 aliphatic carbocycles. The minimum Gasteiger partial charge on any atom is -0.294 e. The Labute approximate surface area is 182 Å². The summed E-state index contributed by atoms with van der Waals surface area (Å²) in [4.78, 5) is 17.0. The smallest absolute Gasteiger partial charge is 0.261 e. The number of carbonyl (C=O) groups excluding carboxylic acids is 1. The van der Waals surface area contributed by atoms with E-state index in [0.717, 1.165) is 10.0 Å². The predicted octanol–water partition coefficient (Wildman–Crippen LogP) is 4.86. The average Bonchev–Trinajstić information content (AvgIpc) is 3.26. The number of benzene rings is 2. The van der Waals surface area contributed by atoms with Crippen LogP contribution in [0.3, 0.4) is 0 Å². The number of piperidine rings is 1. The largest absolute Gasteiger partial charge is 0.294 e. The van der Waals surface area contributed by atoms with Crippen LogP contribution < -0.4 is 0 Å². The molecular weight excluding hydrogens is 472 g/mol. The molecule has 3 aromatic rings. The normalized spacial score (nSPS) is 16.0. The molecule has 8 heteroatoms. The van der Waals surface area contributed by atoms with Crippen LogP contribution >= 0.6 is 27.3 Å². The molecule has 2 aromatic carbocycles. The monoisotopic (exact) mass is 490 g/mol. The Morgan fingerprint density at radius 1 is 1.03 bits per heavy atom. The second-order valence-corrected chi connectivity index (χ2v) is 10.6. The van der Waals surface area contributed by atoms with Gasteiger partial charge < -0.3 is 0 Å². The van der Waals surface area contributed by atoms with Crippen molar-refractivity contribution < 1.29 is 13.2 Å². The number of aromatic nitrogens is 1. The second kappa shape index (κ2) is 8.47. The van der Waals surface area contributed by atoms with Gasteiger partial charge in [0.25, 0.3) is 10.0 Å². The van der Waals surface area contributed by atoms with E-state index in [1.54, 1.807) is 5.38 Å². The zero-order valence-corrected chi connectivity index (χ0v) is 18.7. The van der Waals surface area contributed by atoms with E-state index in [4.69, 9.17) is 0 Å². The summed E-state index contributed by atoms with van der Waals surface area (Å²) in [6.45, 7) is 0.660. The number of hydrogen-bond donors (Lipinski definition) is 0. The summed E-state index contributed by atoms with van der Waals surface area (Å²) >= 11 is 4.71. The van der Waals surface area contributed by atoms with Crippen molar-refractivity contribution >= 4 is 43.1 Å². The van der Waals surface area contributed by atoms with E-state index in [0.29, 0.717) is 36.5 Å². The molecule has 0 bridgehead atoms. The average molecular weight is 491 g/mol. The number of nitrogens with zero attached hydrogens (tertiary/aromatic N) is 2. The SMILES string of the molecule is O=C(c1ccccc1)C1CCN(S(=O)(=O)c2csc(-c3ccc(Br)cc3)n2)CC1. The summed E-state index contributed by atoms with van der Waals surface area (Å²) in [6, 6.07) is 16.8. The van der Waals surface area contributed by atoms with Crippen molar-refractivity contribution in [2.75, 3.05) is 13.1 Å². The number of carbonyl (C=O) groups is 1. The Bertz CT molecular complexity index is 1100. The van der Waals surface area contributed by atoms with Crippen LogP contribution in [0.4, 0.5) is 0 Å². The van der Waals surface area contributed by atoms with Gasteiger partial charge in [-0.05, 0) is 25.0 Å². The van der Waals surface area contributed by atoms with Crippen molar-refractivity contribution in [3.63, 3.8) is 0 Å². The van der Waals surface area contributed by atoms with Gasteiger partial charge >= 0.3 is 0 Å². The van der Waals surface area contributed by atoms with Crippen LogP contribution in [0.5, 0.6) is 0 Å². The third-order valence-electron chi connectivity index (χ3n) is 5.06. The molecule has 29 heavy (non-hydrogen) atoms. The Hall–Kier alpha value is -1.87. The van der Waals surface area contributed by atoms with Crippen molar-refractivity contribution in [1.29, 1.82) is 0 Å². The second-order valence-electron chi connectivity index (χ2n) is 6.91. The molecule has 150 valence electrons. The standard InChI is InChI=1S/C21H19BrN2O3S2/c22-18-8-6-17(7-9-18)21-23-19(14-28-21)29(26,27)24-12-10-16(11-13-24)20(25)15-4-2-1-3-5-15/h1-9,14,16H,10-13H2. The molecule has 1 aliphatic heterocycles. The minimum absolute atomic E-state index is 0.0771. The first-order valence-electron chi connectivity index (χ1n) is 9.26. The van der Waals surface area contributed by atoms with Gasteiger partial charge in [0.15, 0.2) is 10.8 Å². The number of hydrogen-bond acceptors (Lipinski definition) is 5. The van der Waals surface area contributed by atoms with Gasteiger partial charge in [0, 0.05) is 40.0 Å². The summed E-state index contributed by atoms with van der Waals surface area (Å²) in [6.07, 6.45) is 1.05. The van der Waals surface area contributed by atoms with Gasteiger partial charge in [-0.3, -0.25) is 4.79 Å². The molecule has 0 N–H and O–H groups in total. The van der Waals surface area contributed by atoms with E-state index in [9.17, 15) is 13.2 Å². The van der Waals surface area contributed by atoms with Crippen LogP contribution in [-0.2, 0) is 10.0 Å². The lowest BCUT2D eigenvalue weighted by molar-refractivity contribution is 0.0875. The van der Waals surface area contributed by atoms with Crippen LogP contribution in [0.15, 0.2) is 69.5 Å². The molecule has 4 rings (SSSR count). The maximum atomic E-state index is 13.0. The number of rotatable bonds is 5. The van der Waals surface area contributed by atoms with Crippen LogP contribution in [0.2, 0.25) is 0 Å². The quantitative estimate of drug-likeness (QED) is 0.479. The van der Waals surface area contributed by atoms with Gasteiger partial charge in [0.05, 0.1) is 0 Å². The number of thiazole rings is 1. The number of Topliss-reactive ketones (excluding diaryl/α,β-unsaturated/α-hetero) is 1. The highest BCUT2D eigenvalue weighted by Crippen LogP contribution is 2.30. The predicted molar refractivity (Wildman–Crippen MR) is 118 cm³/mol. The molecule has 0 saturated carbocycles. The third kappa shape index (κ3) is 4.35. The summed E-state index contributed by atoms with van der Waals surface area (Å²) in [7, 11) is -3.66. The van der Waals surface area contributed by atoms with Crippen LogP contribution in [-0.4, -0.2) is 36.6 Å². The van der Waals surface area contributed by atoms with Crippen molar-refractivity contribution in [1.82, 2.24) is 9.29 Å². The lowest BCUT2D eigenvalue weighted by Gasteiger charge is -2.29. The lowest BCUT2D eigenvalue weighted by Crippen LogP contribution is -2.40. The molecule has 0 spiro atoms.